The molecule has 3 N–H and O–H groups in total. The van der Waals surface area contributed by atoms with E-state index >= 15 is 0 Å². The Morgan fingerprint density at radius 3 is 2.30 bits per heavy atom. The molecule has 0 bridgehead atoms. The summed E-state index contributed by atoms with van der Waals surface area (Å²) in [6.07, 6.45) is 2.90. The normalized spacial score (nSPS) is 10.4. The predicted octanol–water partition coefficient (Wildman–Crippen LogP) is 1.60. The van der Waals surface area contributed by atoms with E-state index in [1.165, 1.54) is 6.08 Å². The zero-order valence-corrected chi connectivity index (χ0v) is 14.6. The van der Waals surface area contributed by atoms with Gasteiger partial charge in [-0.25, -0.2) is 0 Å². The highest BCUT2D eigenvalue weighted by molar-refractivity contribution is 5.94. The van der Waals surface area contributed by atoms with Crippen LogP contribution < -0.4 is 15.4 Å². The molecule has 7 heteroatoms. The van der Waals surface area contributed by atoms with E-state index in [-0.39, 0.29) is 6.54 Å². The van der Waals surface area contributed by atoms with Crippen molar-refractivity contribution >= 4 is 23.9 Å². The van der Waals surface area contributed by atoms with Gasteiger partial charge in [0, 0.05) is 6.08 Å². The highest BCUT2D eigenvalue weighted by Gasteiger charge is 2.04. The van der Waals surface area contributed by atoms with Gasteiger partial charge in [-0.05, 0) is 29.3 Å². The lowest BCUT2D eigenvalue weighted by Crippen LogP contribution is -2.38. The molecule has 2 amide bonds. The minimum atomic E-state index is -1.15. The van der Waals surface area contributed by atoms with E-state index in [0.717, 1.165) is 16.9 Å². The number of benzene rings is 2. The Kier molecular flexibility index (Phi) is 7.59. The van der Waals surface area contributed by atoms with Crippen LogP contribution in [0.4, 0.5) is 0 Å². The van der Waals surface area contributed by atoms with Crippen molar-refractivity contribution < 1.29 is 24.2 Å². The second-order valence-electron chi connectivity index (χ2n) is 5.56. The van der Waals surface area contributed by atoms with Crippen LogP contribution in [0.3, 0.4) is 0 Å². The number of amides is 2. The maximum absolute atomic E-state index is 11.7. The maximum Gasteiger partial charge on any atom is 0.322 e. The largest absolute Gasteiger partial charge is 0.489 e. The van der Waals surface area contributed by atoms with Crippen molar-refractivity contribution in [1.29, 1.82) is 0 Å². The van der Waals surface area contributed by atoms with Crippen LogP contribution in [0.25, 0.3) is 6.08 Å². The first-order valence-electron chi connectivity index (χ1n) is 8.24. The zero-order valence-electron chi connectivity index (χ0n) is 14.6. The molecule has 0 spiro atoms. The molecular formula is C20H20N2O5. The Bertz CT molecular complexity index is 801. The highest BCUT2D eigenvalue weighted by Crippen LogP contribution is 2.15. The third-order valence-electron chi connectivity index (χ3n) is 3.42. The lowest BCUT2D eigenvalue weighted by molar-refractivity contribution is -0.137. The Morgan fingerprint density at radius 2 is 1.63 bits per heavy atom. The number of carboxylic acid groups (broad SMARTS) is 1. The third kappa shape index (κ3) is 7.87. The molecule has 2 rings (SSSR count). The molecule has 0 unspecified atom stereocenters. The molecule has 0 saturated carbocycles. The molecule has 2 aromatic carbocycles. The number of aliphatic carboxylic acids is 1. The van der Waals surface area contributed by atoms with E-state index in [9.17, 15) is 14.4 Å². The fourth-order valence-corrected chi connectivity index (χ4v) is 2.05. The second kappa shape index (κ2) is 10.4. The predicted molar refractivity (Wildman–Crippen MR) is 99.9 cm³/mol. The summed E-state index contributed by atoms with van der Waals surface area (Å²) in [5, 5.41) is 13.0. The second-order valence-corrected chi connectivity index (χ2v) is 5.56. The quantitative estimate of drug-likeness (QED) is 0.583. The number of carbonyl (C=O) groups is 3. The van der Waals surface area contributed by atoms with Crippen LogP contribution in [0, 0.1) is 0 Å². The number of ether oxygens (including phenoxy) is 1. The van der Waals surface area contributed by atoms with Crippen LogP contribution in [0.1, 0.15) is 11.1 Å². The molecule has 0 heterocycles. The Balaban J connectivity index is 1.75. The van der Waals surface area contributed by atoms with Gasteiger partial charge in [0.2, 0.25) is 11.8 Å². The topological polar surface area (TPSA) is 105 Å². The lowest BCUT2D eigenvalue weighted by atomic mass is 10.2. The number of hydrogen-bond acceptors (Lipinski definition) is 4. The number of hydrogen-bond donors (Lipinski definition) is 3. The molecule has 0 aromatic heterocycles. The van der Waals surface area contributed by atoms with Gasteiger partial charge in [-0.1, -0.05) is 42.5 Å². The molecular weight excluding hydrogens is 348 g/mol. The van der Waals surface area contributed by atoms with Crippen LogP contribution in [0.5, 0.6) is 5.75 Å². The summed E-state index contributed by atoms with van der Waals surface area (Å²) in [4.78, 5) is 33.3. The first-order valence-corrected chi connectivity index (χ1v) is 8.24. The fraction of sp³-hybridized carbons (Fsp3) is 0.150. The van der Waals surface area contributed by atoms with E-state index in [4.69, 9.17) is 9.84 Å². The molecule has 0 aliphatic heterocycles. The van der Waals surface area contributed by atoms with Crippen molar-refractivity contribution in [1.82, 2.24) is 10.6 Å². The van der Waals surface area contributed by atoms with Crippen LogP contribution >= 0.6 is 0 Å². The van der Waals surface area contributed by atoms with Crippen molar-refractivity contribution in [3.05, 3.63) is 71.8 Å². The van der Waals surface area contributed by atoms with Crippen molar-refractivity contribution in [3.8, 4) is 5.75 Å². The number of carbonyl (C=O) groups excluding carboxylic acids is 2. The summed E-state index contributed by atoms with van der Waals surface area (Å²) < 4.78 is 5.69. The van der Waals surface area contributed by atoms with Gasteiger partial charge < -0.3 is 20.5 Å². The van der Waals surface area contributed by atoms with Crippen LogP contribution in [-0.2, 0) is 21.0 Å². The molecule has 0 aliphatic carbocycles. The summed E-state index contributed by atoms with van der Waals surface area (Å²) in [5.41, 5.74) is 1.87. The van der Waals surface area contributed by atoms with E-state index in [2.05, 4.69) is 10.6 Å². The SMILES string of the molecule is O=C(O)CNC(=O)CNC(=O)/C=C/c1ccc(OCc2ccccc2)cc1. The van der Waals surface area contributed by atoms with E-state index < -0.39 is 24.3 Å². The van der Waals surface area contributed by atoms with E-state index in [1.807, 2.05) is 42.5 Å². The Morgan fingerprint density at radius 1 is 0.926 bits per heavy atom. The number of nitrogens with one attached hydrogen (secondary N) is 2. The van der Waals surface area contributed by atoms with E-state index in [1.54, 1.807) is 18.2 Å². The van der Waals surface area contributed by atoms with Gasteiger partial charge in [0.25, 0.3) is 0 Å². The van der Waals surface area contributed by atoms with E-state index in [0.29, 0.717) is 6.61 Å². The summed E-state index contributed by atoms with van der Waals surface area (Å²) in [6, 6.07) is 17.0. The average molecular weight is 368 g/mol. The zero-order chi connectivity index (χ0) is 19.5. The maximum atomic E-state index is 11.7. The molecule has 27 heavy (non-hydrogen) atoms. The lowest BCUT2D eigenvalue weighted by Gasteiger charge is -2.06. The average Bonchev–Trinajstić information content (AvgIpc) is 2.69. The number of rotatable bonds is 9. The van der Waals surface area contributed by atoms with Crippen LogP contribution in [0.2, 0.25) is 0 Å². The van der Waals surface area contributed by atoms with Crippen molar-refractivity contribution in [2.75, 3.05) is 13.1 Å². The molecule has 0 fully saturated rings. The Hall–Kier alpha value is -3.61. The summed E-state index contributed by atoms with van der Waals surface area (Å²) in [5.74, 6) is -1.45. The van der Waals surface area contributed by atoms with Crippen molar-refractivity contribution in [2.45, 2.75) is 6.61 Å². The van der Waals surface area contributed by atoms with Gasteiger partial charge in [-0.2, -0.15) is 0 Å². The van der Waals surface area contributed by atoms with Gasteiger partial charge in [0.05, 0.1) is 6.54 Å². The molecule has 2 aromatic rings. The smallest absolute Gasteiger partial charge is 0.322 e. The minimum absolute atomic E-state index is 0.289. The summed E-state index contributed by atoms with van der Waals surface area (Å²) in [7, 11) is 0. The molecule has 0 radical (unpaired) electrons. The first-order chi connectivity index (χ1) is 13.0. The van der Waals surface area contributed by atoms with Crippen LogP contribution in [-0.4, -0.2) is 36.0 Å². The van der Waals surface area contributed by atoms with Gasteiger partial charge in [-0.3, -0.25) is 14.4 Å². The standard InChI is InChI=1S/C20H20N2O5/c23-18(21-12-19(24)22-13-20(25)26)11-8-15-6-9-17(10-7-15)27-14-16-4-2-1-3-5-16/h1-11H,12-14H2,(H,21,23)(H,22,24)(H,25,26)/b11-8+. The Labute approximate surface area is 156 Å². The van der Waals surface area contributed by atoms with Gasteiger partial charge in [-0.15, -0.1) is 0 Å². The molecule has 0 atom stereocenters. The highest BCUT2D eigenvalue weighted by atomic mass is 16.5. The first kappa shape index (κ1) is 19.7. The van der Waals surface area contributed by atoms with Gasteiger partial charge in [0.1, 0.15) is 18.9 Å². The molecule has 7 nitrogen and oxygen atoms in total. The van der Waals surface area contributed by atoms with Gasteiger partial charge >= 0.3 is 5.97 Å². The molecule has 140 valence electrons. The van der Waals surface area contributed by atoms with Gasteiger partial charge in [0.15, 0.2) is 0 Å². The summed E-state index contributed by atoms with van der Waals surface area (Å²) >= 11 is 0. The fourth-order valence-electron chi connectivity index (χ4n) is 2.05. The number of carboxylic acids is 1. The molecule has 0 aliphatic rings. The van der Waals surface area contributed by atoms with Crippen molar-refractivity contribution in [2.24, 2.45) is 0 Å². The third-order valence-corrected chi connectivity index (χ3v) is 3.42. The van der Waals surface area contributed by atoms with Crippen molar-refractivity contribution in [3.63, 3.8) is 0 Å². The molecule has 0 saturated heterocycles. The monoisotopic (exact) mass is 368 g/mol. The minimum Gasteiger partial charge on any atom is -0.489 e. The summed E-state index contributed by atoms with van der Waals surface area (Å²) in [6.45, 7) is -0.297. The van der Waals surface area contributed by atoms with Crippen LogP contribution in [0.15, 0.2) is 60.7 Å².